The Balaban J connectivity index is 1.49. The molecule has 6 nitrogen and oxygen atoms in total. The van der Waals surface area contributed by atoms with E-state index in [2.05, 4.69) is 5.32 Å². The van der Waals surface area contributed by atoms with Gasteiger partial charge in [-0.1, -0.05) is 12.1 Å². The fraction of sp³-hybridized carbons (Fsp3) is 0.176. The number of carbonyl (C=O) groups excluding carboxylic acids is 2. The van der Waals surface area contributed by atoms with Crippen LogP contribution in [0.5, 0.6) is 11.5 Å². The highest BCUT2D eigenvalue weighted by Crippen LogP contribution is 2.31. The first-order chi connectivity index (χ1) is 11.6. The number of rotatable bonds is 4. The van der Waals surface area contributed by atoms with Crippen molar-refractivity contribution >= 4 is 17.6 Å². The Morgan fingerprint density at radius 1 is 1.12 bits per heavy atom. The van der Waals surface area contributed by atoms with E-state index in [1.807, 2.05) is 0 Å². The smallest absolute Gasteiger partial charge is 0.351 e. The number of nitrogens with one attached hydrogen (secondary N) is 1. The summed E-state index contributed by atoms with van der Waals surface area (Å²) in [6.07, 6.45) is -0.932. The highest BCUT2D eigenvalue weighted by atomic mass is 19.1. The number of ether oxygens (including phenoxy) is 3. The topological polar surface area (TPSA) is 73.9 Å². The van der Waals surface area contributed by atoms with Crippen molar-refractivity contribution in [3.8, 4) is 11.5 Å². The zero-order valence-electron chi connectivity index (χ0n) is 12.5. The minimum absolute atomic E-state index is 0.00935. The van der Waals surface area contributed by atoms with Gasteiger partial charge in [-0.3, -0.25) is 4.79 Å². The highest BCUT2D eigenvalue weighted by Gasteiger charge is 2.29. The zero-order chi connectivity index (χ0) is 16.9. The van der Waals surface area contributed by atoms with E-state index in [1.165, 1.54) is 24.3 Å². The van der Waals surface area contributed by atoms with Crippen molar-refractivity contribution in [1.82, 2.24) is 0 Å². The molecule has 1 heterocycles. The summed E-state index contributed by atoms with van der Waals surface area (Å²) >= 11 is 0. The predicted octanol–water partition coefficient (Wildman–Crippen LogP) is 2.15. The standard InChI is InChI=1S/C17H14FNO5/c18-11-5-7-12(8-6-11)19-16(20)10-23-17(21)15-9-22-13-3-1-2-4-14(13)24-15/h1-8,15H,9-10H2,(H,19,20)/t15-/m1/s1. The van der Waals surface area contributed by atoms with E-state index in [9.17, 15) is 14.0 Å². The minimum Gasteiger partial charge on any atom is -0.485 e. The summed E-state index contributed by atoms with van der Waals surface area (Å²) in [6, 6.07) is 12.2. The van der Waals surface area contributed by atoms with Gasteiger partial charge in [0.05, 0.1) is 0 Å². The lowest BCUT2D eigenvalue weighted by Gasteiger charge is -2.24. The van der Waals surface area contributed by atoms with Crippen LogP contribution in [0.4, 0.5) is 10.1 Å². The average molecular weight is 331 g/mol. The molecule has 0 unspecified atom stereocenters. The molecule has 0 radical (unpaired) electrons. The monoisotopic (exact) mass is 331 g/mol. The lowest BCUT2D eigenvalue weighted by molar-refractivity contribution is -0.156. The zero-order valence-corrected chi connectivity index (χ0v) is 12.5. The van der Waals surface area contributed by atoms with E-state index in [4.69, 9.17) is 14.2 Å². The van der Waals surface area contributed by atoms with Gasteiger partial charge in [0.15, 0.2) is 18.1 Å². The molecule has 0 saturated heterocycles. The molecular formula is C17H14FNO5. The van der Waals surface area contributed by atoms with Crippen molar-refractivity contribution in [2.75, 3.05) is 18.5 Å². The van der Waals surface area contributed by atoms with Crippen molar-refractivity contribution in [1.29, 1.82) is 0 Å². The summed E-state index contributed by atoms with van der Waals surface area (Å²) in [5, 5.41) is 2.49. The van der Waals surface area contributed by atoms with Gasteiger partial charge in [-0.25, -0.2) is 9.18 Å². The van der Waals surface area contributed by atoms with Crippen molar-refractivity contribution in [3.05, 3.63) is 54.3 Å². The summed E-state index contributed by atoms with van der Waals surface area (Å²) in [6.45, 7) is -0.465. The minimum atomic E-state index is -0.932. The Morgan fingerprint density at radius 2 is 1.83 bits per heavy atom. The fourth-order valence-corrected chi connectivity index (χ4v) is 2.10. The average Bonchev–Trinajstić information content (AvgIpc) is 2.61. The molecule has 2 aromatic carbocycles. The summed E-state index contributed by atoms with van der Waals surface area (Å²) in [7, 11) is 0. The molecule has 0 aromatic heterocycles. The SMILES string of the molecule is O=C(COC(=O)[C@H]1COc2ccccc2O1)Nc1ccc(F)cc1. The second-order valence-electron chi connectivity index (χ2n) is 5.03. The van der Waals surface area contributed by atoms with E-state index in [1.54, 1.807) is 24.3 Å². The molecule has 0 aliphatic carbocycles. The third-order valence-electron chi connectivity index (χ3n) is 3.24. The molecule has 1 N–H and O–H groups in total. The molecule has 1 atom stereocenters. The van der Waals surface area contributed by atoms with E-state index >= 15 is 0 Å². The number of anilines is 1. The molecule has 124 valence electrons. The lowest BCUT2D eigenvalue weighted by Crippen LogP contribution is -2.39. The van der Waals surface area contributed by atoms with Gasteiger partial charge >= 0.3 is 5.97 Å². The molecule has 7 heteroatoms. The third kappa shape index (κ3) is 3.81. The number of fused-ring (bicyclic) bond motifs is 1. The van der Waals surface area contributed by atoms with Gasteiger partial charge in [-0.05, 0) is 36.4 Å². The van der Waals surface area contributed by atoms with E-state index in [0.29, 0.717) is 17.2 Å². The highest BCUT2D eigenvalue weighted by molar-refractivity contribution is 5.93. The van der Waals surface area contributed by atoms with Gasteiger partial charge in [0.2, 0.25) is 6.10 Å². The maximum absolute atomic E-state index is 12.8. The molecule has 0 bridgehead atoms. The molecule has 0 spiro atoms. The number of amides is 1. The van der Waals surface area contributed by atoms with Gasteiger partial charge < -0.3 is 19.5 Å². The molecule has 2 aromatic rings. The van der Waals surface area contributed by atoms with Crippen LogP contribution < -0.4 is 14.8 Å². The van der Waals surface area contributed by atoms with E-state index in [-0.39, 0.29) is 6.61 Å². The molecular weight excluding hydrogens is 317 g/mol. The van der Waals surface area contributed by atoms with Crippen molar-refractivity contribution in [2.45, 2.75) is 6.10 Å². The summed E-state index contributed by atoms with van der Waals surface area (Å²) < 4.78 is 28.6. The van der Waals surface area contributed by atoms with Crippen molar-refractivity contribution < 1.29 is 28.2 Å². The first-order valence-corrected chi connectivity index (χ1v) is 7.22. The Hall–Kier alpha value is -3.09. The van der Waals surface area contributed by atoms with E-state index in [0.717, 1.165) is 0 Å². The van der Waals surface area contributed by atoms with Gasteiger partial charge in [0.1, 0.15) is 12.4 Å². The number of halogens is 1. The van der Waals surface area contributed by atoms with Gasteiger partial charge in [0.25, 0.3) is 5.91 Å². The first kappa shape index (κ1) is 15.8. The Labute approximate surface area is 137 Å². The van der Waals surface area contributed by atoms with Gasteiger partial charge in [-0.2, -0.15) is 0 Å². The molecule has 24 heavy (non-hydrogen) atoms. The molecule has 1 aliphatic heterocycles. The van der Waals surface area contributed by atoms with Crippen LogP contribution in [0.25, 0.3) is 0 Å². The van der Waals surface area contributed by atoms with Crippen LogP contribution in [0.1, 0.15) is 0 Å². The molecule has 0 saturated carbocycles. The maximum atomic E-state index is 12.8. The summed E-state index contributed by atoms with van der Waals surface area (Å²) in [5.74, 6) is -0.642. The quantitative estimate of drug-likeness (QED) is 0.869. The predicted molar refractivity (Wildman–Crippen MR) is 82.3 cm³/mol. The molecule has 1 amide bonds. The maximum Gasteiger partial charge on any atom is 0.351 e. The first-order valence-electron chi connectivity index (χ1n) is 7.22. The van der Waals surface area contributed by atoms with Crippen LogP contribution >= 0.6 is 0 Å². The van der Waals surface area contributed by atoms with Crippen LogP contribution in [0.2, 0.25) is 0 Å². The van der Waals surface area contributed by atoms with Crippen LogP contribution in [0.15, 0.2) is 48.5 Å². The normalized spacial score (nSPS) is 15.5. The second kappa shape index (κ2) is 6.99. The van der Waals surface area contributed by atoms with Crippen LogP contribution in [0.3, 0.4) is 0 Å². The molecule has 1 aliphatic rings. The molecule has 0 fully saturated rings. The van der Waals surface area contributed by atoms with Crippen molar-refractivity contribution in [2.24, 2.45) is 0 Å². The van der Waals surface area contributed by atoms with Crippen molar-refractivity contribution in [3.63, 3.8) is 0 Å². The van der Waals surface area contributed by atoms with Gasteiger partial charge in [-0.15, -0.1) is 0 Å². The number of para-hydroxylation sites is 2. The third-order valence-corrected chi connectivity index (χ3v) is 3.24. The van der Waals surface area contributed by atoms with Crippen LogP contribution in [-0.2, 0) is 14.3 Å². The largest absolute Gasteiger partial charge is 0.485 e. The van der Waals surface area contributed by atoms with Crippen LogP contribution in [-0.4, -0.2) is 31.2 Å². The number of esters is 1. The molecule has 3 rings (SSSR count). The number of carbonyl (C=O) groups is 2. The lowest BCUT2D eigenvalue weighted by atomic mass is 10.2. The Kier molecular flexibility index (Phi) is 4.60. The second-order valence-corrected chi connectivity index (χ2v) is 5.03. The number of benzene rings is 2. The Bertz CT molecular complexity index is 747. The van der Waals surface area contributed by atoms with Gasteiger partial charge in [0, 0.05) is 5.69 Å². The summed E-state index contributed by atoms with van der Waals surface area (Å²) in [5.41, 5.74) is 0.406. The number of hydrogen-bond acceptors (Lipinski definition) is 5. The Morgan fingerprint density at radius 3 is 2.58 bits per heavy atom. The number of hydrogen-bond donors (Lipinski definition) is 1. The van der Waals surface area contributed by atoms with Crippen LogP contribution in [0, 0.1) is 5.82 Å². The summed E-state index contributed by atoms with van der Waals surface area (Å²) in [4.78, 5) is 23.7. The fourth-order valence-electron chi connectivity index (χ4n) is 2.10. The van der Waals surface area contributed by atoms with E-state index < -0.39 is 30.4 Å².